The second kappa shape index (κ2) is 6.32. The van der Waals surface area contributed by atoms with Crippen LogP contribution in [0.25, 0.3) is 0 Å². The first-order chi connectivity index (χ1) is 7.95. The Labute approximate surface area is 109 Å². The number of rotatable bonds is 7. The monoisotopic (exact) mass is 275 g/mol. The fourth-order valence-corrected chi connectivity index (χ4v) is 2.85. The minimum atomic E-state index is -1.13. The summed E-state index contributed by atoms with van der Waals surface area (Å²) < 4.78 is 5.12. The first kappa shape index (κ1) is 14.4. The number of carboxylic acid groups (broad SMARTS) is 1. The van der Waals surface area contributed by atoms with Gasteiger partial charge in [0.1, 0.15) is 11.4 Å². The molecule has 1 rings (SSSR count). The molecule has 0 aliphatic carbocycles. The van der Waals surface area contributed by atoms with Gasteiger partial charge in [-0.15, -0.1) is 0 Å². The predicted octanol–water partition coefficient (Wildman–Crippen LogP) is 1.77. The summed E-state index contributed by atoms with van der Waals surface area (Å²) in [5.41, 5.74) is 4.50. The predicted molar refractivity (Wildman–Crippen MR) is 69.5 cm³/mol. The van der Waals surface area contributed by atoms with Crippen LogP contribution in [0, 0.1) is 0 Å². The Morgan fingerprint density at radius 1 is 1.65 bits per heavy atom. The maximum Gasteiger partial charge on any atom is 0.323 e. The van der Waals surface area contributed by atoms with Crippen molar-refractivity contribution in [3.63, 3.8) is 0 Å². The van der Waals surface area contributed by atoms with Crippen molar-refractivity contribution in [1.29, 1.82) is 0 Å². The smallest absolute Gasteiger partial charge is 0.323 e. The average Bonchev–Trinajstić information content (AvgIpc) is 2.72. The van der Waals surface area contributed by atoms with E-state index in [1.165, 1.54) is 11.5 Å². The molecule has 1 heterocycles. The van der Waals surface area contributed by atoms with Crippen molar-refractivity contribution in [2.24, 2.45) is 5.73 Å². The summed E-state index contributed by atoms with van der Waals surface area (Å²) in [5.74, 6) is 0.733. The first-order valence-corrected chi connectivity index (χ1v) is 7.19. The summed E-state index contributed by atoms with van der Waals surface area (Å²) in [4.78, 5) is 15.1. The van der Waals surface area contributed by atoms with Gasteiger partial charge in [-0.25, -0.2) is 4.98 Å². The van der Waals surface area contributed by atoms with E-state index in [0.29, 0.717) is 6.42 Å². The normalized spacial score (nSPS) is 14.5. The molecule has 0 spiro atoms. The van der Waals surface area contributed by atoms with Crippen molar-refractivity contribution in [3.05, 3.63) is 5.82 Å². The van der Waals surface area contributed by atoms with Crippen LogP contribution in [-0.2, 0) is 11.2 Å². The maximum absolute atomic E-state index is 10.8. The van der Waals surface area contributed by atoms with E-state index in [9.17, 15) is 4.79 Å². The molecule has 0 aliphatic heterocycles. The molecule has 0 radical (unpaired) electrons. The highest BCUT2D eigenvalue weighted by Gasteiger charge is 2.26. The number of hydrogen-bond donors (Lipinski definition) is 2. The zero-order valence-electron chi connectivity index (χ0n) is 9.97. The number of nitrogens with zero attached hydrogens (tertiary/aromatic N) is 2. The molecule has 3 N–H and O–H groups in total. The zero-order chi connectivity index (χ0) is 12.9. The van der Waals surface area contributed by atoms with Gasteiger partial charge in [0.2, 0.25) is 0 Å². The standard InChI is InChI=1S/C10H17N3O2S2/c1-3-7-12-9(17-13-7)16-6-4-5-10(2,11)8(14)15/h3-6,11H2,1-2H3,(H,14,15). The zero-order valence-corrected chi connectivity index (χ0v) is 11.6. The molecule has 5 nitrogen and oxygen atoms in total. The summed E-state index contributed by atoms with van der Waals surface area (Å²) >= 11 is 3.00. The van der Waals surface area contributed by atoms with Crippen LogP contribution in [0.4, 0.5) is 0 Å². The van der Waals surface area contributed by atoms with Crippen LogP contribution in [0.5, 0.6) is 0 Å². The molecule has 0 bridgehead atoms. The number of aryl methyl sites for hydroxylation is 1. The minimum Gasteiger partial charge on any atom is -0.480 e. The lowest BCUT2D eigenvalue weighted by Gasteiger charge is -2.18. The first-order valence-electron chi connectivity index (χ1n) is 5.43. The Balaban J connectivity index is 2.27. The van der Waals surface area contributed by atoms with E-state index in [0.717, 1.165) is 28.8 Å². The third kappa shape index (κ3) is 4.61. The SMILES string of the molecule is CCc1nsc(SCCCC(C)(N)C(=O)O)n1. The van der Waals surface area contributed by atoms with Gasteiger partial charge in [-0.3, -0.25) is 4.79 Å². The van der Waals surface area contributed by atoms with Gasteiger partial charge in [0.25, 0.3) is 0 Å². The second-order valence-corrected chi connectivity index (χ2v) is 6.10. The van der Waals surface area contributed by atoms with Gasteiger partial charge < -0.3 is 10.8 Å². The van der Waals surface area contributed by atoms with Crippen LogP contribution < -0.4 is 5.73 Å². The van der Waals surface area contributed by atoms with E-state index in [1.807, 2.05) is 6.92 Å². The van der Waals surface area contributed by atoms with E-state index in [2.05, 4.69) is 9.36 Å². The van der Waals surface area contributed by atoms with Crippen LogP contribution in [0.3, 0.4) is 0 Å². The van der Waals surface area contributed by atoms with Crippen molar-refractivity contribution >= 4 is 29.3 Å². The molecule has 0 fully saturated rings. The van der Waals surface area contributed by atoms with E-state index in [4.69, 9.17) is 10.8 Å². The van der Waals surface area contributed by atoms with Gasteiger partial charge in [-0.1, -0.05) is 18.7 Å². The lowest BCUT2D eigenvalue weighted by Crippen LogP contribution is -2.44. The number of thioether (sulfide) groups is 1. The van der Waals surface area contributed by atoms with E-state index >= 15 is 0 Å². The molecule has 0 aromatic carbocycles. The highest BCUT2D eigenvalue weighted by atomic mass is 32.2. The molecule has 0 saturated carbocycles. The van der Waals surface area contributed by atoms with Crippen molar-refractivity contribution in [2.45, 2.75) is 43.0 Å². The highest BCUT2D eigenvalue weighted by molar-refractivity contribution is 8.00. The number of hydrogen-bond acceptors (Lipinski definition) is 6. The number of carboxylic acids is 1. The summed E-state index contributed by atoms with van der Waals surface area (Å²) in [6.45, 7) is 3.56. The molecule has 96 valence electrons. The summed E-state index contributed by atoms with van der Waals surface area (Å²) in [6, 6.07) is 0. The Hall–Kier alpha value is -0.660. The number of aromatic nitrogens is 2. The topological polar surface area (TPSA) is 89.1 Å². The molecular formula is C10H17N3O2S2. The summed E-state index contributed by atoms with van der Waals surface area (Å²) in [5, 5.41) is 8.84. The molecule has 1 atom stereocenters. The summed E-state index contributed by atoms with van der Waals surface area (Å²) in [7, 11) is 0. The molecular weight excluding hydrogens is 258 g/mol. The van der Waals surface area contributed by atoms with Gasteiger partial charge in [0, 0.05) is 12.2 Å². The molecule has 0 aliphatic rings. The van der Waals surface area contributed by atoms with Gasteiger partial charge in [-0.2, -0.15) is 4.37 Å². The van der Waals surface area contributed by atoms with Crippen LogP contribution in [0.2, 0.25) is 0 Å². The lowest BCUT2D eigenvalue weighted by molar-refractivity contribution is -0.142. The largest absolute Gasteiger partial charge is 0.480 e. The Bertz CT molecular complexity index is 379. The molecule has 1 aromatic heterocycles. The molecule has 1 aromatic rings. The van der Waals surface area contributed by atoms with Crippen molar-refractivity contribution < 1.29 is 9.90 Å². The van der Waals surface area contributed by atoms with E-state index < -0.39 is 11.5 Å². The molecule has 0 saturated heterocycles. The van der Waals surface area contributed by atoms with Gasteiger partial charge in [-0.05, 0) is 31.3 Å². The fraction of sp³-hybridized carbons (Fsp3) is 0.700. The summed E-state index contributed by atoms with van der Waals surface area (Å²) in [6.07, 6.45) is 2.07. The van der Waals surface area contributed by atoms with Crippen molar-refractivity contribution in [3.8, 4) is 0 Å². The maximum atomic E-state index is 10.8. The van der Waals surface area contributed by atoms with Crippen LogP contribution in [0.1, 0.15) is 32.5 Å². The van der Waals surface area contributed by atoms with Gasteiger partial charge in [0.15, 0.2) is 4.34 Å². The number of nitrogens with two attached hydrogens (primary N) is 1. The Kier molecular flexibility index (Phi) is 5.35. The Morgan fingerprint density at radius 3 is 2.88 bits per heavy atom. The van der Waals surface area contributed by atoms with Crippen LogP contribution in [-0.4, -0.2) is 31.7 Å². The molecule has 0 amide bonds. The third-order valence-electron chi connectivity index (χ3n) is 2.32. The third-order valence-corrected chi connectivity index (χ3v) is 4.28. The number of carbonyl (C=O) groups is 1. The lowest BCUT2D eigenvalue weighted by atomic mass is 9.98. The van der Waals surface area contributed by atoms with E-state index in [1.54, 1.807) is 18.7 Å². The quantitative estimate of drug-likeness (QED) is 0.582. The second-order valence-electron chi connectivity index (χ2n) is 4.00. The number of aliphatic carboxylic acids is 1. The fourth-order valence-electron chi connectivity index (χ4n) is 1.15. The van der Waals surface area contributed by atoms with Crippen LogP contribution in [0.15, 0.2) is 4.34 Å². The Morgan fingerprint density at radius 2 is 2.35 bits per heavy atom. The van der Waals surface area contributed by atoms with Crippen molar-refractivity contribution in [1.82, 2.24) is 9.36 Å². The minimum absolute atomic E-state index is 0.467. The van der Waals surface area contributed by atoms with Gasteiger partial charge >= 0.3 is 5.97 Å². The average molecular weight is 275 g/mol. The molecule has 1 unspecified atom stereocenters. The molecule has 7 heteroatoms. The van der Waals surface area contributed by atoms with Gasteiger partial charge in [0.05, 0.1) is 0 Å². The highest BCUT2D eigenvalue weighted by Crippen LogP contribution is 2.22. The molecule has 17 heavy (non-hydrogen) atoms. The van der Waals surface area contributed by atoms with Crippen LogP contribution >= 0.6 is 23.3 Å². The van der Waals surface area contributed by atoms with Crippen molar-refractivity contribution in [2.75, 3.05) is 5.75 Å². The van der Waals surface area contributed by atoms with E-state index in [-0.39, 0.29) is 0 Å².